The van der Waals surface area contributed by atoms with Crippen molar-refractivity contribution in [2.45, 2.75) is 37.8 Å². The molecule has 4 rings (SSSR count). The first kappa shape index (κ1) is 15.1. The van der Waals surface area contributed by atoms with Gasteiger partial charge in [-0.2, -0.15) is 4.98 Å². The van der Waals surface area contributed by atoms with Gasteiger partial charge >= 0.3 is 0 Å². The van der Waals surface area contributed by atoms with Crippen LogP contribution in [-0.2, 0) is 4.74 Å². The minimum atomic E-state index is 0.0503. The lowest BCUT2D eigenvalue weighted by molar-refractivity contribution is -0.0469. The summed E-state index contributed by atoms with van der Waals surface area (Å²) in [5.74, 6) is 2.10. The van der Waals surface area contributed by atoms with Crippen molar-refractivity contribution in [3.63, 3.8) is 0 Å². The maximum atomic E-state index is 5.96. The summed E-state index contributed by atoms with van der Waals surface area (Å²) >= 11 is 5.96. The SMILES string of the molecule is C[C@H](c1nc(C2CC2)no1)N1CCO[C@@H](c2ccc(Cl)cc2)C1. The minimum absolute atomic E-state index is 0.0503. The van der Waals surface area contributed by atoms with E-state index in [1.165, 1.54) is 12.8 Å². The lowest BCUT2D eigenvalue weighted by atomic mass is 10.1. The standard InChI is InChI=1S/C17H20ClN3O2/c1-11(17-19-16(20-23-17)13-2-3-13)21-8-9-22-15(10-21)12-4-6-14(18)7-5-12/h4-7,11,13,15H,2-3,8-10H2,1H3/t11-,15-/m1/s1. The number of aromatic nitrogens is 2. The maximum absolute atomic E-state index is 5.96. The van der Waals surface area contributed by atoms with Crippen LogP contribution < -0.4 is 0 Å². The Hall–Kier alpha value is -1.43. The molecule has 5 nitrogen and oxygen atoms in total. The van der Waals surface area contributed by atoms with Crippen molar-refractivity contribution in [3.05, 3.63) is 46.6 Å². The fraction of sp³-hybridized carbons (Fsp3) is 0.529. The first-order chi connectivity index (χ1) is 11.2. The van der Waals surface area contributed by atoms with E-state index in [9.17, 15) is 0 Å². The molecule has 0 amide bonds. The van der Waals surface area contributed by atoms with Crippen molar-refractivity contribution in [1.82, 2.24) is 15.0 Å². The molecule has 1 saturated heterocycles. The van der Waals surface area contributed by atoms with E-state index in [1.54, 1.807) is 0 Å². The zero-order valence-electron chi connectivity index (χ0n) is 13.1. The van der Waals surface area contributed by atoms with E-state index in [4.69, 9.17) is 20.9 Å². The number of rotatable bonds is 4. The number of ether oxygens (including phenoxy) is 1. The van der Waals surface area contributed by atoms with Crippen LogP contribution in [0.3, 0.4) is 0 Å². The molecule has 2 fully saturated rings. The normalized spacial score (nSPS) is 23.8. The zero-order valence-corrected chi connectivity index (χ0v) is 13.9. The highest BCUT2D eigenvalue weighted by atomic mass is 35.5. The number of nitrogens with zero attached hydrogens (tertiary/aromatic N) is 3. The van der Waals surface area contributed by atoms with Gasteiger partial charge in [-0.05, 0) is 37.5 Å². The predicted molar refractivity (Wildman–Crippen MR) is 86.4 cm³/mol. The smallest absolute Gasteiger partial charge is 0.243 e. The molecule has 6 heteroatoms. The summed E-state index contributed by atoms with van der Waals surface area (Å²) in [5, 5.41) is 4.87. The highest BCUT2D eigenvalue weighted by Crippen LogP contribution is 2.39. The van der Waals surface area contributed by atoms with E-state index < -0.39 is 0 Å². The van der Waals surface area contributed by atoms with Crippen LogP contribution in [0.4, 0.5) is 0 Å². The molecule has 0 bridgehead atoms. The second-order valence-electron chi connectivity index (χ2n) is 6.35. The summed E-state index contributed by atoms with van der Waals surface area (Å²) in [6.45, 7) is 4.49. The summed E-state index contributed by atoms with van der Waals surface area (Å²) in [6, 6.07) is 7.97. The van der Waals surface area contributed by atoms with Gasteiger partial charge in [0.2, 0.25) is 5.89 Å². The third-order valence-corrected chi connectivity index (χ3v) is 4.90. The van der Waals surface area contributed by atoms with Crippen molar-refractivity contribution in [3.8, 4) is 0 Å². The molecule has 122 valence electrons. The Morgan fingerprint density at radius 3 is 2.78 bits per heavy atom. The average molecular weight is 334 g/mol. The van der Waals surface area contributed by atoms with Crippen LogP contribution in [0.5, 0.6) is 0 Å². The number of morpholine rings is 1. The molecule has 2 aromatic rings. The van der Waals surface area contributed by atoms with E-state index in [2.05, 4.69) is 22.0 Å². The van der Waals surface area contributed by atoms with Crippen LogP contribution in [0.15, 0.2) is 28.8 Å². The molecule has 1 aromatic carbocycles. The molecule has 1 aliphatic carbocycles. The predicted octanol–water partition coefficient (Wildman–Crippen LogP) is 3.73. The Kier molecular flexibility index (Phi) is 4.09. The van der Waals surface area contributed by atoms with E-state index in [1.807, 2.05) is 24.3 Å². The highest BCUT2D eigenvalue weighted by Gasteiger charge is 2.32. The summed E-state index contributed by atoms with van der Waals surface area (Å²) in [7, 11) is 0. The third kappa shape index (κ3) is 3.27. The molecule has 1 saturated carbocycles. The Morgan fingerprint density at radius 1 is 1.26 bits per heavy atom. The molecule has 2 heterocycles. The lowest BCUT2D eigenvalue weighted by Gasteiger charge is -2.35. The molecule has 0 N–H and O–H groups in total. The summed E-state index contributed by atoms with van der Waals surface area (Å²) in [4.78, 5) is 6.92. The molecule has 1 aliphatic heterocycles. The molecule has 2 atom stereocenters. The van der Waals surface area contributed by atoms with Crippen molar-refractivity contribution < 1.29 is 9.26 Å². The van der Waals surface area contributed by atoms with Crippen LogP contribution in [0, 0.1) is 0 Å². The Morgan fingerprint density at radius 2 is 2.04 bits per heavy atom. The van der Waals surface area contributed by atoms with Gasteiger partial charge in [-0.15, -0.1) is 0 Å². The summed E-state index contributed by atoms with van der Waals surface area (Å²) in [5.41, 5.74) is 1.15. The average Bonchev–Trinajstić information content (AvgIpc) is 3.32. The molecular formula is C17H20ClN3O2. The highest BCUT2D eigenvalue weighted by molar-refractivity contribution is 6.30. The van der Waals surface area contributed by atoms with Crippen LogP contribution in [-0.4, -0.2) is 34.7 Å². The van der Waals surface area contributed by atoms with Gasteiger partial charge in [0, 0.05) is 24.0 Å². The Labute approximate surface area is 140 Å². The fourth-order valence-electron chi connectivity index (χ4n) is 2.98. The minimum Gasteiger partial charge on any atom is -0.371 e. The van der Waals surface area contributed by atoms with Crippen molar-refractivity contribution in [2.75, 3.05) is 19.7 Å². The van der Waals surface area contributed by atoms with Crippen molar-refractivity contribution in [1.29, 1.82) is 0 Å². The number of hydrogen-bond donors (Lipinski definition) is 0. The van der Waals surface area contributed by atoms with Gasteiger partial charge in [-0.3, -0.25) is 4.90 Å². The summed E-state index contributed by atoms with van der Waals surface area (Å²) in [6.07, 6.45) is 2.42. The Balaban J connectivity index is 1.46. The number of halogens is 1. The third-order valence-electron chi connectivity index (χ3n) is 4.64. The van der Waals surface area contributed by atoms with E-state index >= 15 is 0 Å². The number of hydrogen-bond acceptors (Lipinski definition) is 5. The van der Waals surface area contributed by atoms with Gasteiger partial charge in [0.1, 0.15) is 0 Å². The molecule has 0 radical (unpaired) electrons. The topological polar surface area (TPSA) is 51.4 Å². The maximum Gasteiger partial charge on any atom is 0.243 e. The largest absolute Gasteiger partial charge is 0.371 e. The van der Waals surface area contributed by atoms with Crippen LogP contribution in [0.2, 0.25) is 5.02 Å². The fourth-order valence-corrected chi connectivity index (χ4v) is 3.11. The summed E-state index contributed by atoms with van der Waals surface area (Å²) < 4.78 is 11.4. The van der Waals surface area contributed by atoms with Gasteiger partial charge in [-0.1, -0.05) is 28.9 Å². The second kappa shape index (κ2) is 6.23. The second-order valence-corrected chi connectivity index (χ2v) is 6.78. The molecule has 0 unspecified atom stereocenters. The lowest BCUT2D eigenvalue weighted by Crippen LogP contribution is -2.40. The van der Waals surface area contributed by atoms with Crippen LogP contribution in [0.25, 0.3) is 0 Å². The van der Waals surface area contributed by atoms with Crippen LogP contribution in [0.1, 0.15) is 55.1 Å². The molecule has 2 aliphatic rings. The molecule has 23 heavy (non-hydrogen) atoms. The van der Waals surface area contributed by atoms with Crippen molar-refractivity contribution in [2.24, 2.45) is 0 Å². The van der Waals surface area contributed by atoms with Gasteiger partial charge < -0.3 is 9.26 Å². The molecule has 1 aromatic heterocycles. The van der Waals surface area contributed by atoms with Crippen molar-refractivity contribution >= 4 is 11.6 Å². The van der Waals surface area contributed by atoms with Gasteiger partial charge in [0.05, 0.1) is 18.8 Å². The monoisotopic (exact) mass is 333 g/mol. The van der Waals surface area contributed by atoms with Gasteiger partial charge in [0.15, 0.2) is 5.82 Å². The van der Waals surface area contributed by atoms with E-state index in [-0.39, 0.29) is 12.1 Å². The Bertz CT molecular complexity index is 669. The number of benzene rings is 1. The zero-order chi connectivity index (χ0) is 15.8. The van der Waals surface area contributed by atoms with E-state index in [0.29, 0.717) is 18.4 Å². The van der Waals surface area contributed by atoms with E-state index in [0.717, 1.165) is 29.5 Å². The quantitative estimate of drug-likeness (QED) is 0.853. The van der Waals surface area contributed by atoms with Gasteiger partial charge in [0.25, 0.3) is 0 Å². The first-order valence-electron chi connectivity index (χ1n) is 8.15. The molecular weight excluding hydrogens is 314 g/mol. The first-order valence-corrected chi connectivity index (χ1v) is 8.53. The van der Waals surface area contributed by atoms with Crippen LogP contribution >= 0.6 is 11.6 Å². The molecule has 0 spiro atoms. The van der Waals surface area contributed by atoms with Gasteiger partial charge in [-0.25, -0.2) is 0 Å².